The maximum Gasteiger partial charge on any atom is 0.246 e. The van der Waals surface area contributed by atoms with Gasteiger partial charge in [0, 0.05) is 24.9 Å². The summed E-state index contributed by atoms with van der Waals surface area (Å²) in [5, 5.41) is 0. The fourth-order valence-electron chi connectivity index (χ4n) is 2.50. The maximum atomic E-state index is 12.1. The minimum absolute atomic E-state index is 0.108. The summed E-state index contributed by atoms with van der Waals surface area (Å²) in [6.07, 6.45) is 6.98. The van der Waals surface area contributed by atoms with Crippen molar-refractivity contribution in [3.05, 3.63) is 35.9 Å². The van der Waals surface area contributed by atoms with Crippen molar-refractivity contribution in [1.29, 1.82) is 0 Å². The van der Waals surface area contributed by atoms with E-state index in [-0.39, 0.29) is 5.91 Å². The molecule has 1 aliphatic rings. The number of piperidine rings is 1. The van der Waals surface area contributed by atoms with E-state index < -0.39 is 0 Å². The molecule has 1 heterocycles. The molecule has 0 unspecified atom stereocenters. The smallest absolute Gasteiger partial charge is 0.246 e. The molecule has 3 heteroatoms. The van der Waals surface area contributed by atoms with E-state index >= 15 is 0 Å². The number of amides is 1. The van der Waals surface area contributed by atoms with Crippen LogP contribution in [0.1, 0.15) is 31.7 Å². The van der Waals surface area contributed by atoms with Gasteiger partial charge in [-0.15, -0.1) is 0 Å². The van der Waals surface area contributed by atoms with Gasteiger partial charge in [0.25, 0.3) is 0 Å². The first kappa shape index (κ1) is 13.7. The van der Waals surface area contributed by atoms with E-state index in [2.05, 4.69) is 6.92 Å². The van der Waals surface area contributed by atoms with Gasteiger partial charge in [0.2, 0.25) is 5.91 Å². The lowest BCUT2D eigenvalue weighted by molar-refractivity contribution is -0.127. The third-order valence-electron chi connectivity index (χ3n) is 3.83. The Hall–Kier alpha value is -1.77. The minimum Gasteiger partial charge on any atom is -0.399 e. The molecular weight excluding hydrogens is 236 g/mol. The average molecular weight is 258 g/mol. The number of anilines is 1. The molecule has 0 saturated carbocycles. The Balaban J connectivity index is 1.91. The zero-order valence-electron chi connectivity index (χ0n) is 11.5. The van der Waals surface area contributed by atoms with Crippen molar-refractivity contribution >= 4 is 17.7 Å². The fraction of sp³-hybridized carbons (Fsp3) is 0.438. The SMILES string of the molecule is CCC1CCN(C(=O)/C=C/c2cccc(N)c2)CC1. The molecule has 1 fully saturated rings. The lowest BCUT2D eigenvalue weighted by atomic mass is 9.94. The Kier molecular flexibility index (Phi) is 4.61. The highest BCUT2D eigenvalue weighted by molar-refractivity contribution is 5.91. The number of likely N-dealkylation sites (tertiary alicyclic amines) is 1. The van der Waals surface area contributed by atoms with Gasteiger partial charge < -0.3 is 10.6 Å². The fourth-order valence-corrected chi connectivity index (χ4v) is 2.50. The summed E-state index contributed by atoms with van der Waals surface area (Å²) >= 11 is 0. The lowest BCUT2D eigenvalue weighted by Gasteiger charge is -2.30. The number of carbonyl (C=O) groups excluding carboxylic acids is 1. The molecule has 0 aromatic heterocycles. The Bertz CT molecular complexity index is 460. The van der Waals surface area contributed by atoms with E-state index in [4.69, 9.17) is 5.73 Å². The van der Waals surface area contributed by atoms with Gasteiger partial charge in [-0.2, -0.15) is 0 Å². The summed E-state index contributed by atoms with van der Waals surface area (Å²) in [7, 11) is 0. The second kappa shape index (κ2) is 6.41. The Morgan fingerprint density at radius 1 is 1.42 bits per heavy atom. The van der Waals surface area contributed by atoms with Crippen molar-refractivity contribution in [3.8, 4) is 0 Å². The summed E-state index contributed by atoms with van der Waals surface area (Å²) in [4.78, 5) is 14.0. The second-order valence-electron chi connectivity index (χ2n) is 5.18. The van der Waals surface area contributed by atoms with Crippen LogP contribution in [0, 0.1) is 5.92 Å². The van der Waals surface area contributed by atoms with Gasteiger partial charge in [-0.1, -0.05) is 25.5 Å². The maximum absolute atomic E-state index is 12.1. The normalized spacial score (nSPS) is 17.0. The van der Waals surface area contributed by atoms with E-state index in [1.807, 2.05) is 35.2 Å². The molecule has 0 spiro atoms. The lowest BCUT2D eigenvalue weighted by Crippen LogP contribution is -2.37. The van der Waals surface area contributed by atoms with Gasteiger partial charge in [0.05, 0.1) is 0 Å². The molecule has 0 bridgehead atoms. The van der Waals surface area contributed by atoms with Crippen LogP contribution in [-0.2, 0) is 4.79 Å². The summed E-state index contributed by atoms with van der Waals surface area (Å²) in [5.74, 6) is 0.902. The number of nitrogen functional groups attached to an aromatic ring is 1. The first-order chi connectivity index (χ1) is 9.19. The van der Waals surface area contributed by atoms with Gasteiger partial charge in [0.1, 0.15) is 0 Å². The third kappa shape index (κ3) is 3.85. The van der Waals surface area contributed by atoms with Crippen LogP contribution in [-0.4, -0.2) is 23.9 Å². The molecule has 0 radical (unpaired) electrons. The van der Waals surface area contributed by atoms with Crippen molar-refractivity contribution < 1.29 is 4.79 Å². The summed E-state index contributed by atoms with van der Waals surface area (Å²) < 4.78 is 0. The topological polar surface area (TPSA) is 46.3 Å². The number of rotatable bonds is 3. The monoisotopic (exact) mass is 258 g/mol. The highest BCUT2D eigenvalue weighted by atomic mass is 16.2. The largest absolute Gasteiger partial charge is 0.399 e. The van der Waals surface area contributed by atoms with Gasteiger partial charge in [-0.3, -0.25) is 4.79 Å². The van der Waals surface area contributed by atoms with Crippen molar-refractivity contribution in [2.24, 2.45) is 5.92 Å². The van der Waals surface area contributed by atoms with Crippen LogP contribution < -0.4 is 5.73 Å². The van der Waals surface area contributed by atoms with Gasteiger partial charge in [-0.05, 0) is 42.5 Å². The van der Waals surface area contributed by atoms with E-state index in [9.17, 15) is 4.79 Å². The molecule has 1 saturated heterocycles. The van der Waals surface area contributed by atoms with Crippen LogP contribution in [0.5, 0.6) is 0 Å². The Morgan fingerprint density at radius 3 is 2.79 bits per heavy atom. The molecule has 19 heavy (non-hydrogen) atoms. The van der Waals surface area contributed by atoms with Crippen LogP contribution in [0.25, 0.3) is 6.08 Å². The van der Waals surface area contributed by atoms with Crippen LogP contribution in [0.3, 0.4) is 0 Å². The first-order valence-electron chi connectivity index (χ1n) is 7.01. The van der Waals surface area contributed by atoms with Crippen molar-refractivity contribution in [2.75, 3.05) is 18.8 Å². The molecule has 3 nitrogen and oxygen atoms in total. The molecule has 1 aromatic rings. The summed E-state index contributed by atoms with van der Waals surface area (Å²) in [5.41, 5.74) is 7.40. The quantitative estimate of drug-likeness (QED) is 0.669. The molecule has 102 valence electrons. The third-order valence-corrected chi connectivity index (χ3v) is 3.83. The molecule has 1 aromatic carbocycles. The molecule has 2 N–H and O–H groups in total. The van der Waals surface area contributed by atoms with Crippen molar-refractivity contribution in [3.63, 3.8) is 0 Å². The highest BCUT2D eigenvalue weighted by Crippen LogP contribution is 2.20. The number of nitrogens with two attached hydrogens (primary N) is 1. The highest BCUT2D eigenvalue weighted by Gasteiger charge is 2.19. The van der Waals surface area contributed by atoms with Gasteiger partial charge in [0.15, 0.2) is 0 Å². The molecule has 2 rings (SSSR count). The minimum atomic E-state index is 0.108. The zero-order chi connectivity index (χ0) is 13.7. The number of carbonyl (C=O) groups is 1. The predicted octanol–water partition coefficient (Wildman–Crippen LogP) is 2.93. The number of benzene rings is 1. The van der Waals surface area contributed by atoms with Crippen molar-refractivity contribution in [1.82, 2.24) is 4.90 Å². The van der Waals surface area contributed by atoms with E-state index in [1.165, 1.54) is 6.42 Å². The zero-order valence-corrected chi connectivity index (χ0v) is 11.5. The molecule has 0 atom stereocenters. The predicted molar refractivity (Wildman–Crippen MR) is 79.5 cm³/mol. The molecule has 1 aliphatic heterocycles. The number of nitrogens with zero attached hydrogens (tertiary/aromatic N) is 1. The molecular formula is C16H22N2O. The Labute approximate surface area is 115 Å². The average Bonchev–Trinajstić information content (AvgIpc) is 2.45. The second-order valence-corrected chi connectivity index (χ2v) is 5.18. The number of hydrogen-bond acceptors (Lipinski definition) is 2. The van der Waals surface area contributed by atoms with Crippen LogP contribution in [0.2, 0.25) is 0 Å². The summed E-state index contributed by atoms with van der Waals surface area (Å²) in [6, 6.07) is 7.55. The van der Waals surface area contributed by atoms with E-state index in [0.29, 0.717) is 0 Å². The first-order valence-corrected chi connectivity index (χ1v) is 7.01. The number of hydrogen-bond donors (Lipinski definition) is 1. The van der Waals surface area contributed by atoms with Crippen LogP contribution >= 0.6 is 0 Å². The Morgan fingerprint density at radius 2 is 2.16 bits per heavy atom. The molecule has 1 amide bonds. The van der Waals surface area contributed by atoms with Crippen molar-refractivity contribution in [2.45, 2.75) is 26.2 Å². The summed E-state index contributed by atoms with van der Waals surface area (Å²) in [6.45, 7) is 4.00. The molecule has 0 aliphatic carbocycles. The van der Waals surface area contributed by atoms with Gasteiger partial charge in [-0.25, -0.2) is 0 Å². The van der Waals surface area contributed by atoms with E-state index in [1.54, 1.807) is 6.08 Å². The van der Waals surface area contributed by atoms with Crippen LogP contribution in [0.4, 0.5) is 5.69 Å². The van der Waals surface area contributed by atoms with E-state index in [0.717, 1.165) is 43.1 Å². The van der Waals surface area contributed by atoms with Gasteiger partial charge >= 0.3 is 0 Å². The van der Waals surface area contributed by atoms with Crippen LogP contribution in [0.15, 0.2) is 30.3 Å². The standard InChI is InChI=1S/C16H22N2O/c1-2-13-8-10-18(11-9-13)16(19)7-6-14-4-3-5-15(17)12-14/h3-7,12-13H,2,8-11,17H2,1H3/b7-6+.